The first-order valence-corrected chi connectivity index (χ1v) is 4.94. The molecule has 0 amide bonds. The van der Waals surface area contributed by atoms with Crippen molar-refractivity contribution in [2.24, 2.45) is 10.2 Å². The molecule has 6 heteroatoms. The molecule has 2 N–H and O–H groups in total. The van der Waals surface area contributed by atoms with E-state index in [9.17, 15) is 0 Å². The topological polar surface area (TPSA) is 76.8 Å². The smallest absolute Gasteiger partial charge is 0.294 e. The molecule has 2 rings (SSSR count). The Morgan fingerprint density at radius 1 is 1.31 bits per heavy atom. The Morgan fingerprint density at radius 3 is 2.69 bits per heavy atom. The number of halogens is 1. The molecule has 0 bridgehead atoms. The van der Waals surface area contributed by atoms with Crippen LogP contribution in [0, 0.1) is 6.92 Å². The molecule has 2 aromatic rings. The van der Waals surface area contributed by atoms with Crippen LogP contribution in [0.1, 0.15) is 5.69 Å². The fourth-order valence-electron chi connectivity index (χ4n) is 1.13. The highest BCUT2D eigenvalue weighted by atomic mass is 35.5. The van der Waals surface area contributed by atoms with Crippen molar-refractivity contribution < 1.29 is 4.42 Å². The van der Waals surface area contributed by atoms with Gasteiger partial charge < -0.3 is 10.2 Å². The number of hydrogen-bond acceptors (Lipinski definition) is 5. The molecule has 0 aliphatic heterocycles. The molecule has 0 atom stereocenters. The average Bonchev–Trinajstić information content (AvgIpc) is 2.56. The maximum absolute atomic E-state index is 5.91. The highest BCUT2D eigenvalue weighted by molar-refractivity contribution is 6.32. The zero-order chi connectivity index (χ0) is 11.5. The standard InChI is InChI=1S/C10H9ClN4O/c1-6-9(16-10(12)13-6)15-14-8-5-3-2-4-7(8)11/h2-5H,1H3,(H2,12,13). The van der Waals surface area contributed by atoms with Crippen molar-refractivity contribution in [3.8, 4) is 0 Å². The van der Waals surface area contributed by atoms with Crippen LogP contribution in [0.15, 0.2) is 38.9 Å². The largest absolute Gasteiger partial charge is 0.403 e. The molecule has 16 heavy (non-hydrogen) atoms. The molecule has 1 aromatic carbocycles. The van der Waals surface area contributed by atoms with Gasteiger partial charge in [0.2, 0.25) is 0 Å². The summed E-state index contributed by atoms with van der Waals surface area (Å²) < 4.78 is 5.04. The van der Waals surface area contributed by atoms with E-state index in [1.54, 1.807) is 19.1 Å². The fraction of sp³-hybridized carbons (Fsp3) is 0.100. The van der Waals surface area contributed by atoms with Gasteiger partial charge in [-0.2, -0.15) is 4.98 Å². The van der Waals surface area contributed by atoms with Crippen molar-refractivity contribution >= 4 is 29.2 Å². The summed E-state index contributed by atoms with van der Waals surface area (Å²) in [7, 11) is 0. The fourth-order valence-corrected chi connectivity index (χ4v) is 1.31. The zero-order valence-corrected chi connectivity index (χ0v) is 9.27. The van der Waals surface area contributed by atoms with E-state index in [-0.39, 0.29) is 11.9 Å². The Kier molecular flexibility index (Phi) is 2.87. The van der Waals surface area contributed by atoms with Crippen LogP contribution in [0.3, 0.4) is 0 Å². The lowest BCUT2D eigenvalue weighted by Gasteiger charge is -1.93. The van der Waals surface area contributed by atoms with E-state index < -0.39 is 0 Å². The van der Waals surface area contributed by atoms with Gasteiger partial charge in [-0.3, -0.25) is 0 Å². The van der Waals surface area contributed by atoms with Crippen molar-refractivity contribution in [2.45, 2.75) is 6.92 Å². The summed E-state index contributed by atoms with van der Waals surface area (Å²) in [5.74, 6) is 0.289. The summed E-state index contributed by atoms with van der Waals surface area (Å²) in [6.07, 6.45) is 0. The average molecular weight is 237 g/mol. The van der Waals surface area contributed by atoms with Gasteiger partial charge in [0.25, 0.3) is 11.9 Å². The number of nitrogen functional groups attached to an aromatic ring is 1. The molecule has 0 radical (unpaired) electrons. The normalized spacial score (nSPS) is 11.1. The van der Waals surface area contributed by atoms with Gasteiger partial charge in [-0.05, 0) is 19.1 Å². The number of oxazole rings is 1. The van der Waals surface area contributed by atoms with Gasteiger partial charge in [0.05, 0.1) is 5.02 Å². The molecule has 1 aromatic heterocycles. The van der Waals surface area contributed by atoms with Crippen LogP contribution in [0.25, 0.3) is 0 Å². The highest BCUT2D eigenvalue weighted by Gasteiger charge is 2.05. The van der Waals surface area contributed by atoms with Crippen molar-refractivity contribution in [2.75, 3.05) is 5.73 Å². The number of hydrogen-bond donors (Lipinski definition) is 1. The Balaban J connectivity index is 2.28. The molecule has 1 heterocycles. The molecule has 5 nitrogen and oxygen atoms in total. The summed E-state index contributed by atoms with van der Waals surface area (Å²) in [5.41, 5.74) is 6.53. The van der Waals surface area contributed by atoms with Crippen LogP contribution < -0.4 is 5.73 Å². The highest BCUT2D eigenvalue weighted by Crippen LogP contribution is 2.27. The lowest BCUT2D eigenvalue weighted by molar-refractivity contribution is 0.584. The number of benzene rings is 1. The third-order valence-electron chi connectivity index (χ3n) is 1.89. The second-order valence-electron chi connectivity index (χ2n) is 3.09. The second-order valence-corrected chi connectivity index (χ2v) is 3.50. The summed E-state index contributed by atoms with van der Waals surface area (Å²) in [4.78, 5) is 3.87. The minimum atomic E-state index is 0.0746. The number of aryl methyl sites for hydroxylation is 1. The van der Waals surface area contributed by atoms with Crippen molar-refractivity contribution in [1.29, 1.82) is 0 Å². The summed E-state index contributed by atoms with van der Waals surface area (Å²) in [5, 5.41) is 8.37. The molecular weight excluding hydrogens is 228 g/mol. The van der Waals surface area contributed by atoms with Gasteiger partial charge in [-0.25, -0.2) is 0 Å². The Morgan fingerprint density at radius 2 is 2.06 bits per heavy atom. The number of nitrogens with zero attached hydrogens (tertiary/aromatic N) is 3. The third kappa shape index (κ3) is 2.20. The second kappa shape index (κ2) is 4.32. The SMILES string of the molecule is Cc1nc(N)oc1N=Nc1ccccc1Cl. The Labute approximate surface area is 97.0 Å². The van der Waals surface area contributed by atoms with Crippen LogP contribution in [0.5, 0.6) is 0 Å². The molecule has 0 saturated carbocycles. The van der Waals surface area contributed by atoms with Gasteiger partial charge >= 0.3 is 0 Å². The van der Waals surface area contributed by atoms with Crippen molar-refractivity contribution in [3.05, 3.63) is 35.0 Å². The molecular formula is C10H9ClN4O. The van der Waals surface area contributed by atoms with Crippen LogP contribution in [-0.4, -0.2) is 4.98 Å². The van der Waals surface area contributed by atoms with Crippen LogP contribution in [0.2, 0.25) is 5.02 Å². The van der Waals surface area contributed by atoms with E-state index in [1.165, 1.54) is 0 Å². The molecule has 0 fully saturated rings. The Hall–Kier alpha value is -1.88. The molecule has 0 saturated heterocycles. The molecule has 0 spiro atoms. The lowest BCUT2D eigenvalue weighted by atomic mass is 10.3. The predicted octanol–water partition coefficient (Wildman–Crippen LogP) is 3.63. The maximum Gasteiger partial charge on any atom is 0.294 e. The van der Waals surface area contributed by atoms with Gasteiger partial charge in [-0.1, -0.05) is 23.7 Å². The third-order valence-corrected chi connectivity index (χ3v) is 2.21. The van der Waals surface area contributed by atoms with Crippen LogP contribution in [-0.2, 0) is 0 Å². The number of aromatic nitrogens is 1. The van der Waals surface area contributed by atoms with Crippen LogP contribution in [0.4, 0.5) is 17.6 Å². The number of anilines is 1. The van der Waals surface area contributed by atoms with Gasteiger partial charge in [0.1, 0.15) is 11.4 Å². The van der Waals surface area contributed by atoms with E-state index in [0.29, 0.717) is 16.4 Å². The minimum absolute atomic E-state index is 0.0746. The number of azo groups is 1. The first-order valence-electron chi connectivity index (χ1n) is 4.56. The van der Waals surface area contributed by atoms with Gasteiger partial charge in [0.15, 0.2) is 0 Å². The van der Waals surface area contributed by atoms with E-state index >= 15 is 0 Å². The van der Waals surface area contributed by atoms with Crippen LogP contribution >= 0.6 is 11.6 Å². The number of nitrogens with two attached hydrogens (primary N) is 1. The zero-order valence-electron chi connectivity index (χ0n) is 8.51. The monoisotopic (exact) mass is 236 g/mol. The van der Waals surface area contributed by atoms with Gasteiger partial charge in [0, 0.05) is 0 Å². The predicted molar refractivity (Wildman–Crippen MR) is 61.3 cm³/mol. The van der Waals surface area contributed by atoms with Gasteiger partial charge in [-0.15, -0.1) is 10.2 Å². The summed E-state index contributed by atoms with van der Waals surface area (Å²) >= 11 is 5.91. The lowest BCUT2D eigenvalue weighted by Crippen LogP contribution is -1.81. The minimum Gasteiger partial charge on any atom is -0.403 e. The summed E-state index contributed by atoms with van der Waals surface area (Å²) in [6.45, 7) is 1.74. The Bertz CT molecular complexity index is 535. The van der Waals surface area contributed by atoms with Crippen molar-refractivity contribution in [1.82, 2.24) is 4.98 Å². The summed E-state index contributed by atoms with van der Waals surface area (Å²) in [6, 6.07) is 7.20. The molecule has 0 unspecified atom stereocenters. The van der Waals surface area contributed by atoms with E-state index in [1.807, 2.05) is 12.1 Å². The first-order chi connectivity index (χ1) is 7.66. The molecule has 0 aliphatic rings. The van der Waals surface area contributed by atoms with Crippen molar-refractivity contribution in [3.63, 3.8) is 0 Å². The van der Waals surface area contributed by atoms with E-state index in [0.717, 1.165) is 0 Å². The van der Waals surface area contributed by atoms with E-state index in [4.69, 9.17) is 21.8 Å². The molecule has 82 valence electrons. The molecule has 0 aliphatic carbocycles. The first kappa shape index (κ1) is 10.6. The quantitative estimate of drug-likeness (QED) is 0.809. The van der Waals surface area contributed by atoms with E-state index in [2.05, 4.69) is 15.2 Å². The number of rotatable bonds is 2. The maximum atomic E-state index is 5.91.